The average Bonchev–Trinajstić information content (AvgIpc) is 2.70. The molecule has 7 heteroatoms. The number of benzene rings is 1. The molecule has 1 heterocycles. The van der Waals surface area contributed by atoms with Crippen molar-refractivity contribution >= 4 is 29.2 Å². The van der Waals surface area contributed by atoms with Gasteiger partial charge >= 0.3 is 11.4 Å². The van der Waals surface area contributed by atoms with Crippen molar-refractivity contribution < 1.29 is 14.0 Å². The Hall–Kier alpha value is -1.95. The largest absolute Gasteiger partial charge is 0.348 e. The van der Waals surface area contributed by atoms with Gasteiger partial charge < -0.3 is 0 Å². The molecule has 2 rings (SSSR count). The van der Waals surface area contributed by atoms with Gasteiger partial charge in [-0.3, -0.25) is 4.79 Å². The van der Waals surface area contributed by atoms with Gasteiger partial charge in [0.15, 0.2) is 0 Å². The lowest BCUT2D eigenvalue weighted by Crippen LogP contribution is -2.30. The Morgan fingerprint density at radius 3 is 2.56 bits per heavy atom. The molecule has 1 aliphatic rings. The molecule has 3 amide bonds. The summed E-state index contributed by atoms with van der Waals surface area (Å²) in [6.07, 6.45) is 1.42. The average molecular weight is 270 g/mol. The van der Waals surface area contributed by atoms with Crippen LogP contribution in [0.4, 0.5) is 14.0 Å². The summed E-state index contributed by atoms with van der Waals surface area (Å²) >= 11 is 5.22. The first-order valence-electron chi connectivity index (χ1n) is 5.16. The molecule has 1 saturated heterocycles. The fourth-order valence-corrected chi connectivity index (χ4v) is 1.64. The van der Waals surface area contributed by atoms with Crippen LogP contribution in [0.3, 0.4) is 0 Å². The summed E-state index contributed by atoms with van der Waals surface area (Å²) in [5, 5.41) is 4.23. The number of hydrogen-bond acceptors (Lipinski definition) is 3. The topological polar surface area (TPSA) is 53.0 Å². The summed E-state index contributed by atoms with van der Waals surface area (Å²) < 4.78 is 12.7. The van der Waals surface area contributed by atoms with Crippen molar-refractivity contribution in [2.45, 2.75) is 0 Å². The fraction of sp³-hybridized carbons (Fsp3) is 0.182. The summed E-state index contributed by atoms with van der Waals surface area (Å²) in [7, 11) is 0. The quantitative estimate of drug-likeness (QED) is 0.470. The van der Waals surface area contributed by atoms with E-state index < -0.39 is 11.4 Å². The number of urea groups is 1. The van der Waals surface area contributed by atoms with Crippen LogP contribution in [0.1, 0.15) is 5.56 Å². The zero-order valence-corrected chi connectivity index (χ0v) is 9.97. The summed E-state index contributed by atoms with van der Waals surface area (Å²) in [6.45, 7) is 0.497. The van der Waals surface area contributed by atoms with E-state index in [1.807, 2.05) is 0 Å². The molecule has 0 saturated carbocycles. The monoisotopic (exact) mass is 269 g/mol. The van der Waals surface area contributed by atoms with E-state index in [4.69, 9.17) is 11.6 Å². The second-order valence-corrected chi connectivity index (χ2v) is 3.93. The van der Waals surface area contributed by atoms with Crippen LogP contribution in [-0.2, 0) is 0 Å². The van der Waals surface area contributed by atoms with Crippen LogP contribution in [0, 0.1) is 5.82 Å². The minimum atomic E-state index is -0.820. The van der Waals surface area contributed by atoms with E-state index in [0.29, 0.717) is 5.56 Å². The molecule has 94 valence electrons. The van der Waals surface area contributed by atoms with Crippen molar-refractivity contribution in [3.63, 3.8) is 0 Å². The number of carbonyl (C=O) groups is 2. The Morgan fingerprint density at radius 1 is 1.33 bits per heavy atom. The van der Waals surface area contributed by atoms with Gasteiger partial charge in [0.2, 0.25) is 0 Å². The SMILES string of the molecule is O=C(Cl)N1CCN(N=Cc2ccc(F)cc2)C1=O. The lowest BCUT2D eigenvalue weighted by molar-refractivity contribution is 0.195. The van der Waals surface area contributed by atoms with E-state index in [2.05, 4.69) is 5.10 Å². The summed E-state index contributed by atoms with van der Waals surface area (Å²) in [5.41, 5.74) is 0.653. The highest BCUT2D eigenvalue weighted by Crippen LogP contribution is 2.11. The second kappa shape index (κ2) is 5.14. The molecule has 1 aromatic rings. The number of imide groups is 1. The lowest BCUT2D eigenvalue weighted by Gasteiger charge is -2.09. The smallest absolute Gasteiger partial charge is 0.255 e. The Balaban J connectivity index is 2.04. The first-order chi connectivity index (χ1) is 8.58. The highest BCUT2D eigenvalue weighted by atomic mass is 35.5. The van der Waals surface area contributed by atoms with Crippen molar-refractivity contribution in [3.05, 3.63) is 35.6 Å². The molecule has 0 atom stereocenters. The van der Waals surface area contributed by atoms with Gasteiger partial charge in [0.1, 0.15) is 5.82 Å². The molecule has 1 aromatic carbocycles. The first-order valence-corrected chi connectivity index (χ1v) is 5.54. The zero-order valence-electron chi connectivity index (χ0n) is 9.22. The molecule has 0 N–H and O–H groups in total. The molecule has 0 spiro atoms. The van der Waals surface area contributed by atoms with Crippen LogP contribution in [0.25, 0.3) is 0 Å². The normalized spacial score (nSPS) is 15.8. The standard InChI is InChI=1S/C11H9ClFN3O2/c12-10(17)15-5-6-16(11(15)18)14-7-8-1-3-9(13)4-2-8/h1-4,7H,5-6H2. The molecule has 1 aliphatic heterocycles. The van der Waals surface area contributed by atoms with Crippen LogP contribution < -0.4 is 0 Å². The fourth-order valence-electron chi connectivity index (χ4n) is 1.48. The Bertz CT molecular complexity index is 504. The summed E-state index contributed by atoms with van der Waals surface area (Å²) in [6, 6.07) is 5.09. The molecule has 0 aliphatic carbocycles. The number of rotatable bonds is 2. The van der Waals surface area contributed by atoms with E-state index in [0.717, 1.165) is 9.91 Å². The number of amides is 3. The van der Waals surface area contributed by atoms with E-state index in [1.165, 1.54) is 30.5 Å². The predicted octanol–water partition coefficient (Wildman–Crippen LogP) is 2.26. The molecule has 0 radical (unpaired) electrons. The minimum Gasteiger partial charge on any atom is -0.255 e. The lowest BCUT2D eigenvalue weighted by atomic mass is 10.2. The number of hydrogen-bond donors (Lipinski definition) is 0. The van der Waals surface area contributed by atoms with Crippen LogP contribution in [-0.4, -0.2) is 40.6 Å². The van der Waals surface area contributed by atoms with Gasteiger partial charge in [0.25, 0.3) is 0 Å². The van der Waals surface area contributed by atoms with Gasteiger partial charge in [0, 0.05) is 0 Å². The second-order valence-electron chi connectivity index (χ2n) is 3.61. The van der Waals surface area contributed by atoms with Crippen molar-refractivity contribution in [1.29, 1.82) is 0 Å². The van der Waals surface area contributed by atoms with Crippen molar-refractivity contribution in [2.24, 2.45) is 5.10 Å². The van der Waals surface area contributed by atoms with Crippen LogP contribution in [0.5, 0.6) is 0 Å². The van der Waals surface area contributed by atoms with Crippen molar-refractivity contribution in [3.8, 4) is 0 Å². The number of carbonyl (C=O) groups excluding carboxylic acids is 2. The summed E-state index contributed by atoms with van der Waals surface area (Å²) in [4.78, 5) is 23.4. The third kappa shape index (κ3) is 2.65. The van der Waals surface area contributed by atoms with E-state index in [1.54, 1.807) is 0 Å². The molecular weight excluding hydrogens is 261 g/mol. The van der Waals surface area contributed by atoms with Crippen LogP contribution >= 0.6 is 11.6 Å². The number of hydrazone groups is 1. The van der Waals surface area contributed by atoms with Crippen molar-refractivity contribution in [2.75, 3.05) is 13.1 Å². The van der Waals surface area contributed by atoms with Crippen LogP contribution in [0.2, 0.25) is 0 Å². The Labute approximate surface area is 107 Å². The van der Waals surface area contributed by atoms with Gasteiger partial charge in [-0.1, -0.05) is 12.1 Å². The maximum Gasteiger partial charge on any atom is 0.348 e. The third-order valence-electron chi connectivity index (χ3n) is 2.42. The van der Waals surface area contributed by atoms with E-state index in [9.17, 15) is 14.0 Å². The van der Waals surface area contributed by atoms with Gasteiger partial charge in [-0.15, -0.1) is 0 Å². The number of halogens is 2. The zero-order chi connectivity index (χ0) is 13.1. The molecule has 5 nitrogen and oxygen atoms in total. The maximum atomic E-state index is 12.7. The molecule has 0 bridgehead atoms. The van der Waals surface area contributed by atoms with Gasteiger partial charge in [-0.05, 0) is 29.3 Å². The molecule has 18 heavy (non-hydrogen) atoms. The molecular formula is C11H9ClFN3O2. The minimum absolute atomic E-state index is 0.210. The highest BCUT2D eigenvalue weighted by Gasteiger charge is 2.31. The van der Waals surface area contributed by atoms with Gasteiger partial charge in [-0.2, -0.15) is 5.10 Å². The van der Waals surface area contributed by atoms with Crippen molar-refractivity contribution in [1.82, 2.24) is 9.91 Å². The predicted molar refractivity (Wildman–Crippen MR) is 64.1 cm³/mol. The Morgan fingerprint density at radius 2 is 2.00 bits per heavy atom. The van der Waals surface area contributed by atoms with Crippen LogP contribution in [0.15, 0.2) is 29.4 Å². The van der Waals surface area contributed by atoms with E-state index in [-0.39, 0.29) is 18.9 Å². The van der Waals surface area contributed by atoms with Gasteiger partial charge in [-0.25, -0.2) is 19.1 Å². The molecule has 1 fully saturated rings. The van der Waals surface area contributed by atoms with Gasteiger partial charge in [0.05, 0.1) is 19.3 Å². The first kappa shape index (κ1) is 12.5. The molecule has 0 unspecified atom stereocenters. The number of nitrogens with zero attached hydrogens (tertiary/aromatic N) is 3. The maximum absolute atomic E-state index is 12.7. The third-order valence-corrected chi connectivity index (χ3v) is 2.62. The highest BCUT2D eigenvalue weighted by molar-refractivity contribution is 6.64. The summed E-state index contributed by atoms with van der Waals surface area (Å²) in [5.74, 6) is -0.344. The van der Waals surface area contributed by atoms with E-state index >= 15 is 0 Å². The Kier molecular flexibility index (Phi) is 3.57. The molecule has 0 aromatic heterocycles.